The average Bonchev–Trinajstić information content (AvgIpc) is 3.05. The van der Waals surface area contributed by atoms with Crippen molar-refractivity contribution in [1.82, 2.24) is 0 Å². The molecule has 168 valence electrons. The minimum Gasteiger partial charge on any atom is -0.483 e. The molecule has 0 aliphatic carbocycles. The van der Waals surface area contributed by atoms with Crippen LogP contribution < -0.4 is 4.74 Å². The number of hydrogen-bond acceptors (Lipinski definition) is 5. The summed E-state index contributed by atoms with van der Waals surface area (Å²) in [7, 11) is -3.19. The van der Waals surface area contributed by atoms with Gasteiger partial charge in [-0.1, -0.05) is 30.0 Å². The minimum absolute atomic E-state index is 0.00777. The summed E-state index contributed by atoms with van der Waals surface area (Å²) in [5.74, 6) is 5.89. The van der Waals surface area contributed by atoms with E-state index in [0.29, 0.717) is 23.3 Å². The summed E-state index contributed by atoms with van der Waals surface area (Å²) in [5.41, 5.74) is 2.06. The molecule has 7 heteroatoms. The van der Waals surface area contributed by atoms with Gasteiger partial charge in [-0.15, -0.1) is 0 Å². The number of ether oxygens (including phenoxy) is 1. The van der Waals surface area contributed by atoms with Crippen molar-refractivity contribution in [3.8, 4) is 17.6 Å². The summed E-state index contributed by atoms with van der Waals surface area (Å²) in [6.45, 7) is 5.66. The topological polar surface area (TPSA) is 93.8 Å². The first kappa shape index (κ1) is 23.4. The highest BCUT2D eigenvalue weighted by molar-refractivity contribution is 7.90. The third-order valence-electron chi connectivity index (χ3n) is 4.90. The molecule has 0 aliphatic heterocycles. The van der Waals surface area contributed by atoms with Crippen LogP contribution in [0.1, 0.15) is 42.7 Å². The van der Waals surface area contributed by atoms with Crippen molar-refractivity contribution in [2.75, 3.05) is 12.0 Å². The number of hydrogen-bond donors (Lipinski definition) is 1. The number of aryl methyl sites for hydroxylation is 2. The molecule has 2 aromatic carbocycles. The fraction of sp³-hybridized carbons (Fsp3) is 0.320. The summed E-state index contributed by atoms with van der Waals surface area (Å²) in [4.78, 5) is 11.0. The molecule has 0 saturated heterocycles. The lowest BCUT2D eigenvalue weighted by Gasteiger charge is -2.28. The van der Waals surface area contributed by atoms with Crippen LogP contribution in [0.15, 0.2) is 46.9 Å². The molecular weight excluding hydrogens is 428 g/mol. The number of aliphatic carboxylic acids is 1. The third-order valence-corrected chi connectivity index (χ3v) is 5.57. The molecule has 6 nitrogen and oxygen atoms in total. The number of rotatable bonds is 7. The van der Waals surface area contributed by atoms with Gasteiger partial charge in [0.05, 0.1) is 0 Å². The molecule has 0 fully saturated rings. The van der Waals surface area contributed by atoms with Gasteiger partial charge in [0.2, 0.25) is 0 Å². The lowest BCUT2D eigenvalue weighted by atomic mass is 9.93. The lowest BCUT2D eigenvalue weighted by molar-refractivity contribution is -0.136. The van der Waals surface area contributed by atoms with Crippen LogP contribution in [0.5, 0.6) is 5.75 Å². The Hall–Kier alpha value is -3.24. The van der Waals surface area contributed by atoms with Crippen LogP contribution in [-0.2, 0) is 26.7 Å². The summed E-state index contributed by atoms with van der Waals surface area (Å²) in [6, 6.07) is 13.0. The Kier molecular flexibility index (Phi) is 6.65. The van der Waals surface area contributed by atoms with Crippen molar-refractivity contribution in [1.29, 1.82) is 0 Å². The van der Waals surface area contributed by atoms with E-state index in [2.05, 4.69) is 11.8 Å². The Morgan fingerprint density at radius 3 is 2.59 bits per heavy atom. The SMILES string of the molecule is Cc1cc2cc(C#CCS(C)(=O)=O)cc(C(C)(C)Oc3ccccc3CCC(=O)O)c2o1. The van der Waals surface area contributed by atoms with Gasteiger partial charge >= 0.3 is 5.97 Å². The normalized spacial score (nSPS) is 11.8. The first-order valence-corrected chi connectivity index (χ1v) is 12.2. The lowest BCUT2D eigenvalue weighted by Crippen LogP contribution is -2.26. The van der Waals surface area contributed by atoms with Gasteiger partial charge in [0.15, 0.2) is 9.84 Å². The molecule has 32 heavy (non-hydrogen) atoms. The fourth-order valence-electron chi connectivity index (χ4n) is 3.45. The zero-order chi connectivity index (χ0) is 23.5. The third kappa shape index (κ3) is 5.92. The van der Waals surface area contributed by atoms with Crippen LogP contribution in [-0.4, -0.2) is 31.5 Å². The van der Waals surface area contributed by atoms with Crippen molar-refractivity contribution in [3.63, 3.8) is 0 Å². The maximum atomic E-state index is 11.4. The first-order chi connectivity index (χ1) is 14.9. The van der Waals surface area contributed by atoms with Crippen LogP contribution in [0.2, 0.25) is 0 Å². The number of para-hydroxylation sites is 1. The van der Waals surface area contributed by atoms with E-state index in [1.54, 1.807) is 0 Å². The average molecular weight is 455 g/mol. The molecule has 0 atom stereocenters. The van der Waals surface area contributed by atoms with Gasteiger partial charge in [-0.3, -0.25) is 4.79 Å². The van der Waals surface area contributed by atoms with Crippen molar-refractivity contribution >= 4 is 26.8 Å². The zero-order valence-electron chi connectivity index (χ0n) is 18.6. The Labute approximate surface area is 188 Å². The van der Waals surface area contributed by atoms with Crippen LogP contribution in [0.25, 0.3) is 11.0 Å². The van der Waals surface area contributed by atoms with Gasteiger partial charge in [0, 0.05) is 29.2 Å². The second-order valence-corrected chi connectivity index (χ2v) is 10.4. The van der Waals surface area contributed by atoms with E-state index in [4.69, 9.17) is 14.3 Å². The predicted octanol–water partition coefficient (Wildman–Crippen LogP) is 4.47. The molecule has 0 spiro atoms. The van der Waals surface area contributed by atoms with Crippen molar-refractivity contribution < 1.29 is 27.5 Å². The van der Waals surface area contributed by atoms with Crippen molar-refractivity contribution in [3.05, 3.63) is 64.9 Å². The number of fused-ring (bicyclic) bond motifs is 1. The van der Waals surface area contributed by atoms with Crippen LogP contribution in [0.3, 0.4) is 0 Å². The van der Waals surface area contributed by atoms with Crippen LogP contribution in [0, 0.1) is 18.8 Å². The highest BCUT2D eigenvalue weighted by atomic mass is 32.2. The van der Waals surface area contributed by atoms with E-state index >= 15 is 0 Å². The van der Waals surface area contributed by atoms with Gasteiger partial charge in [-0.25, -0.2) is 8.42 Å². The highest BCUT2D eigenvalue weighted by Crippen LogP contribution is 2.36. The first-order valence-electron chi connectivity index (χ1n) is 10.1. The minimum atomic E-state index is -3.19. The molecule has 0 saturated carbocycles. The molecule has 1 aromatic heterocycles. The van der Waals surface area contributed by atoms with Crippen molar-refractivity contribution in [2.45, 2.75) is 39.2 Å². The molecule has 0 radical (unpaired) electrons. The molecule has 3 aromatic rings. The molecule has 0 unspecified atom stereocenters. The van der Waals surface area contributed by atoms with Gasteiger partial charge in [0.25, 0.3) is 0 Å². The molecule has 1 N–H and O–H groups in total. The summed E-state index contributed by atoms with van der Waals surface area (Å²) in [6.07, 6.45) is 1.51. The Morgan fingerprint density at radius 2 is 1.91 bits per heavy atom. The predicted molar refractivity (Wildman–Crippen MR) is 124 cm³/mol. The molecule has 0 bridgehead atoms. The van der Waals surface area contributed by atoms with E-state index in [1.807, 2.05) is 63.2 Å². The van der Waals surface area contributed by atoms with Crippen LogP contribution in [0.4, 0.5) is 0 Å². The fourth-order valence-corrected chi connectivity index (χ4v) is 3.79. The highest BCUT2D eigenvalue weighted by Gasteiger charge is 2.28. The van der Waals surface area contributed by atoms with E-state index in [0.717, 1.165) is 28.5 Å². The molecule has 0 amide bonds. The number of furan rings is 1. The van der Waals surface area contributed by atoms with Gasteiger partial charge in [-0.2, -0.15) is 0 Å². The Morgan fingerprint density at radius 1 is 1.19 bits per heavy atom. The van der Waals surface area contributed by atoms with E-state index in [9.17, 15) is 13.2 Å². The monoisotopic (exact) mass is 454 g/mol. The van der Waals surface area contributed by atoms with Gasteiger partial charge in [0.1, 0.15) is 28.4 Å². The number of carbonyl (C=O) groups is 1. The van der Waals surface area contributed by atoms with E-state index < -0.39 is 21.4 Å². The van der Waals surface area contributed by atoms with Gasteiger partial charge in [-0.05, 0) is 57.0 Å². The Bertz CT molecular complexity index is 1320. The summed E-state index contributed by atoms with van der Waals surface area (Å²) >= 11 is 0. The Balaban J connectivity index is 2.03. The maximum Gasteiger partial charge on any atom is 0.303 e. The number of carboxylic acids is 1. The van der Waals surface area contributed by atoms with Gasteiger partial charge < -0.3 is 14.3 Å². The second-order valence-electron chi connectivity index (χ2n) is 8.28. The van der Waals surface area contributed by atoms with Crippen molar-refractivity contribution in [2.24, 2.45) is 0 Å². The number of sulfone groups is 1. The zero-order valence-corrected chi connectivity index (χ0v) is 19.4. The smallest absolute Gasteiger partial charge is 0.303 e. The number of carboxylic acid groups (broad SMARTS) is 1. The second kappa shape index (κ2) is 9.09. The summed E-state index contributed by atoms with van der Waals surface area (Å²) < 4.78 is 35.2. The maximum absolute atomic E-state index is 11.4. The molecular formula is C25H26O6S. The summed E-state index contributed by atoms with van der Waals surface area (Å²) in [5, 5.41) is 9.89. The standard InChI is InChI=1S/C25H26O6S/c1-17-14-20-15-18(8-7-13-32(4,28)29)16-21(24(20)30-17)25(2,3)31-22-10-6-5-9-19(22)11-12-23(26)27/h5-6,9-10,14-16H,11-13H2,1-4H3,(H,26,27). The molecule has 1 heterocycles. The van der Waals surface area contributed by atoms with E-state index in [1.165, 1.54) is 0 Å². The quantitative estimate of drug-likeness (QED) is 0.530. The molecule has 3 rings (SSSR count). The molecule has 0 aliphatic rings. The number of benzene rings is 2. The van der Waals surface area contributed by atoms with E-state index in [-0.39, 0.29) is 12.2 Å². The largest absolute Gasteiger partial charge is 0.483 e. The van der Waals surface area contributed by atoms with Crippen LogP contribution >= 0.6 is 0 Å².